The molecular formula is C32H43N3O8. The molecule has 0 bridgehead atoms. The molecule has 0 spiro atoms. The maximum atomic E-state index is 14.0. The van der Waals surface area contributed by atoms with Gasteiger partial charge in [-0.25, -0.2) is 0 Å². The number of ketones is 2. The highest BCUT2D eigenvalue weighted by atomic mass is 16.5. The van der Waals surface area contributed by atoms with Gasteiger partial charge in [0.25, 0.3) is 5.91 Å². The first kappa shape index (κ1) is 31.0. The molecule has 43 heavy (non-hydrogen) atoms. The molecule has 0 aromatic heterocycles. The van der Waals surface area contributed by atoms with Crippen molar-refractivity contribution < 1.29 is 39.5 Å². The van der Waals surface area contributed by atoms with Gasteiger partial charge in [-0.2, -0.15) is 0 Å². The predicted molar refractivity (Wildman–Crippen MR) is 158 cm³/mol. The van der Waals surface area contributed by atoms with Gasteiger partial charge in [-0.15, -0.1) is 0 Å². The molecule has 0 saturated heterocycles. The molecule has 234 valence electrons. The number of primary amides is 1. The van der Waals surface area contributed by atoms with E-state index in [0.717, 1.165) is 18.7 Å². The molecule has 4 atom stereocenters. The summed E-state index contributed by atoms with van der Waals surface area (Å²) in [7, 11) is 4.68. The molecule has 0 radical (unpaired) electrons. The molecule has 1 aromatic carbocycles. The second-order valence-electron chi connectivity index (χ2n) is 14.1. The van der Waals surface area contributed by atoms with E-state index in [9.17, 15) is 34.8 Å². The Morgan fingerprint density at radius 2 is 1.81 bits per heavy atom. The normalized spacial score (nSPS) is 27.4. The molecule has 4 aliphatic rings. The molecule has 2 fully saturated rings. The van der Waals surface area contributed by atoms with Crippen molar-refractivity contribution in [3.05, 3.63) is 39.7 Å². The summed E-state index contributed by atoms with van der Waals surface area (Å²) in [5, 5.41) is 45.6. The Balaban J connectivity index is 1.62. The summed E-state index contributed by atoms with van der Waals surface area (Å²) in [6, 6.07) is 0.416. The molecule has 4 aliphatic carbocycles. The number of aliphatic hydroxyl groups is 3. The molecule has 0 heterocycles. The van der Waals surface area contributed by atoms with E-state index in [0.29, 0.717) is 23.8 Å². The lowest BCUT2D eigenvalue weighted by molar-refractivity contribution is -0.153. The first-order valence-corrected chi connectivity index (χ1v) is 14.8. The van der Waals surface area contributed by atoms with Crippen LogP contribution in [0.25, 0.3) is 5.76 Å². The van der Waals surface area contributed by atoms with Gasteiger partial charge in [0.15, 0.2) is 11.4 Å². The van der Waals surface area contributed by atoms with Crippen LogP contribution in [0.2, 0.25) is 0 Å². The summed E-state index contributed by atoms with van der Waals surface area (Å²) >= 11 is 0. The fourth-order valence-corrected chi connectivity index (χ4v) is 7.49. The molecule has 5 rings (SSSR count). The van der Waals surface area contributed by atoms with Gasteiger partial charge in [0, 0.05) is 42.3 Å². The van der Waals surface area contributed by atoms with Crippen LogP contribution in [0.5, 0.6) is 11.5 Å². The van der Waals surface area contributed by atoms with Crippen molar-refractivity contribution in [2.75, 3.05) is 34.3 Å². The Bertz CT molecular complexity index is 1450. The lowest BCUT2D eigenvalue weighted by Gasteiger charge is -2.50. The first-order valence-electron chi connectivity index (χ1n) is 14.8. The van der Waals surface area contributed by atoms with E-state index in [1.54, 1.807) is 20.2 Å². The number of nitrogens with two attached hydrogens (primary N) is 1. The highest BCUT2D eigenvalue weighted by Crippen LogP contribution is 2.54. The smallest absolute Gasteiger partial charge is 0.255 e. The van der Waals surface area contributed by atoms with Crippen LogP contribution < -0.4 is 10.5 Å². The minimum atomic E-state index is -2.67. The molecule has 11 heteroatoms. The zero-order valence-electron chi connectivity index (χ0n) is 25.7. The standard InChI is InChI=1S/C32H43N3O8/c1-31(2,3)14-35(12-15-7-8-15)13-17-11-20(36)22-18(27(17)43-6)9-16-10-19-24(34(4)5)26(38)23(30(33)41)29(40)32(19,42)28(39)21(16)25(22)37/h11,15-16,19,24,36-37,40,42H,7-10,12-14H2,1-6H3,(H2,33,41)/t16-,19-,24-,32-/m0/s1. The van der Waals surface area contributed by atoms with Crippen molar-refractivity contribution in [2.24, 2.45) is 28.9 Å². The maximum Gasteiger partial charge on any atom is 0.255 e. The number of benzene rings is 1. The third kappa shape index (κ3) is 5.11. The number of phenolic OH excluding ortho intramolecular Hbond substituents is 1. The fraction of sp³-hybridized carbons (Fsp3) is 0.594. The van der Waals surface area contributed by atoms with Gasteiger partial charge in [-0.05, 0) is 63.1 Å². The Hall–Kier alpha value is -3.41. The van der Waals surface area contributed by atoms with Crippen molar-refractivity contribution in [1.82, 2.24) is 9.80 Å². The molecule has 2 saturated carbocycles. The number of nitrogens with zero attached hydrogens (tertiary/aromatic N) is 2. The number of amides is 1. The van der Waals surface area contributed by atoms with Gasteiger partial charge in [0.2, 0.25) is 5.78 Å². The van der Waals surface area contributed by atoms with Gasteiger partial charge in [0.05, 0.1) is 18.7 Å². The monoisotopic (exact) mass is 597 g/mol. The van der Waals surface area contributed by atoms with Crippen molar-refractivity contribution in [1.29, 1.82) is 0 Å². The number of fused-ring (bicyclic) bond motifs is 3. The van der Waals surface area contributed by atoms with Crippen LogP contribution in [0.4, 0.5) is 0 Å². The topological polar surface area (TPSA) is 174 Å². The number of rotatable bonds is 8. The maximum absolute atomic E-state index is 14.0. The van der Waals surface area contributed by atoms with Crippen LogP contribution in [0.15, 0.2) is 23.0 Å². The van der Waals surface area contributed by atoms with Crippen LogP contribution in [-0.2, 0) is 27.3 Å². The lowest BCUT2D eigenvalue weighted by atomic mass is 9.57. The second-order valence-corrected chi connectivity index (χ2v) is 14.1. The Morgan fingerprint density at radius 3 is 2.35 bits per heavy atom. The predicted octanol–water partition coefficient (Wildman–Crippen LogP) is 2.23. The number of Topliss-reactive ketones (excluding diaryl/α,β-unsaturated/α-hetero) is 2. The molecule has 0 unspecified atom stereocenters. The first-order chi connectivity index (χ1) is 20.0. The van der Waals surface area contributed by atoms with Gasteiger partial charge in [-0.1, -0.05) is 20.8 Å². The minimum absolute atomic E-state index is 0.0255. The number of hydrogen-bond donors (Lipinski definition) is 5. The van der Waals surface area contributed by atoms with E-state index in [2.05, 4.69) is 25.7 Å². The lowest BCUT2D eigenvalue weighted by Crippen LogP contribution is -2.65. The van der Waals surface area contributed by atoms with E-state index in [-0.39, 0.29) is 35.1 Å². The van der Waals surface area contributed by atoms with Gasteiger partial charge in [-0.3, -0.25) is 24.2 Å². The quantitative estimate of drug-likeness (QED) is 0.280. The summed E-state index contributed by atoms with van der Waals surface area (Å²) < 4.78 is 5.90. The van der Waals surface area contributed by atoms with E-state index in [1.165, 1.54) is 24.9 Å². The SMILES string of the molecule is COc1c(CN(CC2CC2)CC(C)(C)C)cc(O)c2c1C[C@H]1C[C@H]3[C@H](N(C)C)C(=O)C(C(N)=O)=C(O)[C@@]3(O)C(=O)C1=C2O. The van der Waals surface area contributed by atoms with Crippen molar-refractivity contribution in [3.8, 4) is 11.5 Å². The van der Waals surface area contributed by atoms with Crippen molar-refractivity contribution in [3.63, 3.8) is 0 Å². The van der Waals surface area contributed by atoms with Gasteiger partial charge >= 0.3 is 0 Å². The summed E-state index contributed by atoms with van der Waals surface area (Å²) in [5.41, 5.74) is 3.07. The van der Waals surface area contributed by atoms with Crippen LogP contribution in [0, 0.1) is 23.2 Å². The molecule has 0 aliphatic heterocycles. The number of carbonyl (C=O) groups excluding carboxylic acids is 3. The third-order valence-electron chi connectivity index (χ3n) is 9.26. The largest absolute Gasteiger partial charge is 0.508 e. The number of likely N-dealkylation sites (N-methyl/N-ethyl adjacent to an activating group) is 1. The van der Waals surface area contributed by atoms with E-state index >= 15 is 0 Å². The van der Waals surface area contributed by atoms with Gasteiger partial charge < -0.3 is 30.9 Å². The Labute approximate surface area is 251 Å². The average Bonchev–Trinajstić information content (AvgIpc) is 3.68. The molecule has 1 amide bonds. The number of carbonyl (C=O) groups is 3. The molecule has 1 aromatic rings. The van der Waals surface area contributed by atoms with Crippen molar-refractivity contribution >= 4 is 23.2 Å². The summed E-state index contributed by atoms with van der Waals surface area (Å²) in [5.74, 6) is -5.58. The second kappa shape index (κ2) is 10.6. The zero-order chi connectivity index (χ0) is 31.8. The number of methoxy groups -OCH3 is 1. The summed E-state index contributed by atoms with van der Waals surface area (Å²) in [6.45, 7) is 8.81. The van der Waals surface area contributed by atoms with Crippen LogP contribution in [0.1, 0.15) is 56.7 Å². The number of phenols is 1. The fourth-order valence-electron chi connectivity index (χ4n) is 7.49. The Morgan fingerprint density at radius 1 is 1.16 bits per heavy atom. The number of hydrogen-bond acceptors (Lipinski definition) is 10. The molecule has 6 N–H and O–H groups in total. The number of ether oxygens (including phenoxy) is 1. The van der Waals surface area contributed by atoms with Crippen LogP contribution in [-0.4, -0.2) is 93.6 Å². The highest BCUT2D eigenvalue weighted by Gasteiger charge is 2.64. The summed E-state index contributed by atoms with van der Waals surface area (Å²) in [6.07, 6.45) is 2.60. The molecular weight excluding hydrogens is 554 g/mol. The van der Waals surface area contributed by atoms with E-state index in [1.807, 2.05) is 0 Å². The van der Waals surface area contributed by atoms with Crippen LogP contribution in [0.3, 0.4) is 0 Å². The number of aromatic hydroxyl groups is 1. The van der Waals surface area contributed by atoms with Crippen molar-refractivity contribution in [2.45, 2.75) is 64.6 Å². The minimum Gasteiger partial charge on any atom is -0.508 e. The zero-order valence-corrected chi connectivity index (χ0v) is 25.7. The number of aliphatic hydroxyl groups excluding tert-OH is 2. The molecule has 11 nitrogen and oxygen atoms in total. The summed E-state index contributed by atoms with van der Waals surface area (Å²) in [4.78, 5) is 43.4. The van der Waals surface area contributed by atoms with Gasteiger partial charge in [0.1, 0.15) is 28.6 Å². The Kier molecular flexibility index (Phi) is 7.68. The third-order valence-corrected chi connectivity index (χ3v) is 9.26. The average molecular weight is 598 g/mol. The highest BCUT2D eigenvalue weighted by molar-refractivity contribution is 6.24. The van der Waals surface area contributed by atoms with E-state index < -0.39 is 58.0 Å². The van der Waals surface area contributed by atoms with E-state index in [4.69, 9.17) is 10.5 Å². The van der Waals surface area contributed by atoms with Crippen LogP contribution >= 0.6 is 0 Å².